The molecular formula is C21H22N2O5S. The summed E-state index contributed by atoms with van der Waals surface area (Å²) in [4.78, 5) is 24.1. The largest absolute Gasteiger partial charge is 0.395 e. The van der Waals surface area contributed by atoms with Crippen LogP contribution in [0.25, 0.3) is 6.08 Å². The summed E-state index contributed by atoms with van der Waals surface area (Å²) in [5, 5.41) is 14.4. The van der Waals surface area contributed by atoms with Crippen molar-refractivity contribution in [2.75, 3.05) is 17.7 Å². The van der Waals surface area contributed by atoms with E-state index in [4.69, 9.17) is 5.11 Å². The SMILES string of the molecule is O=C(/C=C/c1ccc(C(=O)NC2CC2)cc1)Nc1ccc(S(=O)(=O)CCO)cc1. The minimum atomic E-state index is -3.52. The lowest BCUT2D eigenvalue weighted by molar-refractivity contribution is -0.111. The van der Waals surface area contributed by atoms with E-state index < -0.39 is 16.4 Å². The Labute approximate surface area is 169 Å². The fraction of sp³-hybridized carbons (Fsp3) is 0.238. The standard InChI is InChI=1S/C21H22N2O5S/c24-13-14-29(27,28)19-10-8-17(9-11-19)22-20(25)12-3-15-1-4-16(5-2-15)21(26)23-18-6-7-18/h1-5,8-12,18,24H,6-7,13-14H2,(H,22,25)(H,23,26)/b12-3+. The Morgan fingerprint density at radius 3 is 2.28 bits per heavy atom. The van der Waals surface area contributed by atoms with Crippen LogP contribution < -0.4 is 10.6 Å². The average Bonchev–Trinajstić information content (AvgIpc) is 3.51. The minimum absolute atomic E-state index is 0.0888. The monoisotopic (exact) mass is 414 g/mol. The van der Waals surface area contributed by atoms with Crippen molar-refractivity contribution >= 4 is 33.4 Å². The van der Waals surface area contributed by atoms with E-state index in [9.17, 15) is 18.0 Å². The summed E-state index contributed by atoms with van der Waals surface area (Å²) in [5.41, 5.74) is 1.80. The highest BCUT2D eigenvalue weighted by atomic mass is 32.2. The van der Waals surface area contributed by atoms with Gasteiger partial charge in [-0.25, -0.2) is 8.42 Å². The molecule has 0 aromatic heterocycles. The van der Waals surface area contributed by atoms with Crippen LogP contribution in [0.5, 0.6) is 0 Å². The van der Waals surface area contributed by atoms with Crippen LogP contribution in [0.3, 0.4) is 0 Å². The molecule has 0 atom stereocenters. The average molecular weight is 414 g/mol. The first-order chi connectivity index (χ1) is 13.9. The van der Waals surface area contributed by atoms with Crippen molar-refractivity contribution < 1.29 is 23.1 Å². The van der Waals surface area contributed by atoms with Gasteiger partial charge in [0.05, 0.1) is 17.3 Å². The first kappa shape index (κ1) is 20.8. The second kappa shape index (κ2) is 9.02. The van der Waals surface area contributed by atoms with E-state index in [-0.39, 0.29) is 22.5 Å². The van der Waals surface area contributed by atoms with E-state index in [0.29, 0.717) is 17.3 Å². The molecule has 3 N–H and O–H groups in total. The minimum Gasteiger partial charge on any atom is -0.395 e. The fourth-order valence-electron chi connectivity index (χ4n) is 2.58. The van der Waals surface area contributed by atoms with E-state index in [1.807, 2.05) is 0 Å². The summed E-state index contributed by atoms with van der Waals surface area (Å²) in [5.74, 6) is -0.806. The van der Waals surface area contributed by atoms with Gasteiger partial charge in [-0.15, -0.1) is 0 Å². The lowest BCUT2D eigenvalue weighted by atomic mass is 10.1. The molecule has 152 valence electrons. The van der Waals surface area contributed by atoms with Gasteiger partial charge in [0.15, 0.2) is 9.84 Å². The molecule has 0 unspecified atom stereocenters. The van der Waals surface area contributed by atoms with Gasteiger partial charge < -0.3 is 15.7 Å². The molecule has 29 heavy (non-hydrogen) atoms. The van der Waals surface area contributed by atoms with Crippen molar-refractivity contribution in [2.24, 2.45) is 0 Å². The zero-order valence-electron chi connectivity index (χ0n) is 15.7. The van der Waals surface area contributed by atoms with E-state index in [1.165, 1.54) is 30.3 Å². The number of aliphatic hydroxyl groups excluding tert-OH is 1. The van der Waals surface area contributed by atoms with Gasteiger partial charge in [0.25, 0.3) is 5.91 Å². The van der Waals surface area contributed by atoms with Gasteiger partial charge >= 0.3 is 0 Å². The van der Waals surface area contributed by atoms with Gasteiger partial charge in [-0.1, -0.05) is 12.1 Å². The van der Waals surface area contributed by atoms with Crippen molar-refractivity contribution in [1.82, 2.24) is 5.32 Å². The molecule has 0 aliphatic heterocycles. The number of nitrogens with one attached hydrogen (secondary N) is 2. The Hall–Kier alpha value is -2.97. The molecule has 0 bridgehead atoms. The maximum Gasteiger partial charge on any atom is 0.251 e. The molecule has 0 spiro atoms. The number of hydrogen-bond donors (Lipinski definition) is 3. The molecule has 3 rings (SSSR count). The smallest absolute Gasteiger partial charge is 0.251 e. The molecule has 2 amide bonds. The first-order valence-corrected chi connectivity index (χ1v) is 10.9. The number of anilines is 1. The van der Waals surface area contributed by atoms with Crippen molar-refractivity contribution in [3.63, 3.8) is 0 Å². The molecule has 1 fully saturated rings. The third-order valence-corrected chi connectivity index (χ3v) is 6.06. The van der Waals surface area contributed by atoms with Crippen LogP contribution in [0, 0.1) is 0 Å². The summed E-state index contributed by atoms with van der Waals surface area (Å²) in [6.07, 6.45) is 5.04. The highest BCUT2D eigenvalue weighted by Gasteiger charge is 2.23. The molecule has 1 aliphatic carbocycles. The summed E-state index contributed by atoms with van der Waals surface area (Å²) in [6, 6.07) is 13.0. The number of carbonyl (C=O) groups is 2. The number of carbonyl (C=O) groups excluding carboxylic acids is 2. The number of amides is 2. The van der Waals surface area contributed by atoms with E-state index in [1.54, 1.807) is 30.3 Å². The van der Waals surface area contributed by atoms with Crippen LogP contribution in [-0.4, -0.2) is 43.7 Å². The Kier molecular flexibility index (Phi) is 6.46. The van der Waals surface area contributed by atoms with Crippen molar-refractivity contribution in [3.8, 4) is 0 Å². The summed E-state index contributed by atoms with van der Waals surface area (Å²) in [7, 11) is -3.52. The summed E-state index contributed by atoms with van der Waals surface area (Å²) < 4.78 is 23.7. The number of benzene rings is 2. The van der Waals surface area contributed by atoms with Crippen LogP contribution in [0.4, 0.5) is 5.69 Å². The molecule has 0 radical (unpaired) electrons. The van der Waals surface area contributed by atoms with Gasteiger partial charge in [-0.05, 0) is 60.9 Å². The lowest BCUT2D eigenvalue weighted by Gasteiger charge is -2.05. The molecular weight excluding hydrogens is 392 g/mol. The van der Waals surface area contributed by atoms with Crippen molar-refractivity contribution in [2.45, 2.75) is 23.8 Å². The number of aliphatic hydroxyl groups is 1. The third kappa shape index (κ3) is 6.00. The zero-order valence-corrected chi connectivity index (χ0v) is 16.5. The maximum absolute atomic E-state index is 12.1. The molecule has 2 aromatic carbocycles. The highest BCUT2D eigenvalue weighted by Crippen LogP contribution is 2.19. The molecule has 1 aliphatic rings. The van der Waals surface area contributed by atoms with Crippen LogP contribution in [-0.2, 0) is 14.6 Å². The number of rotatable bonds is 8. The summed E-state index contributed by atoms with van der Waals surface area (Å²) in [6.45, 7) is -0.447. The van der Waals surface area contributed by atoms with E-state index >= 15 is 0 Å². The predicted octanol–water partition coefficient (Wildman–Crippen LogP) is 2.00. The van der Waals surface area contributed by atoms with Gasteiger partial charge in [0.2, 0.25) is 5.91 Å². The Morgan fingerprint density at radius 1 is 1.03 bits per heavy atom. The van der Waals surface area contributed by atoms with Gasteiger partial charge in [-0.3, -0.25) is 9.59 Å². The van der Waals surface area contributed by atoms with Crippen LogP contribution in [0.1, 0.15) is 28.8 Å². The second-order valence-corrected chi connectivity index (χ2v) is 8.87. The third-order valence-electron chi connectivity index (χ3n) is 4.35. The molecule has 2 aromatic rings. The molecule has 0 saturated heterocycles. The maximum atomic E-state index is 12.1. The number of sulfone groups is 1. The van der Waals surface area contributed by atoms with Gasteiger partial charge in [0, 0.05) is 23.4 Å². The number of hydrogen-bond acceptors (Lipinski definition) is 5. The quantitative estimate of drug-likeness (QED) is 0.572. The van der Waals surface area contributed by atoms with Gasteiger partial charge in [0.1, 0.15) is 0 Å². The first-order valence-electron chi connectivity index (χ1n) is 9.21. The van der Waals surface area contributed by atoms with Crippen LogP contribution >= 0.6 is 0 Å². The predicted molar refractivity (Wildman–Crippen MR) is 110 cm³/mol. The molecule has 7 nitrogen and oxygen atoms in total. The normalized spacial score (nSPS) is 14.0. The molecule has 0 heterocycles. The van der Waals surface area contributed by atoms with Gasteiger partial charge in [-0.2, -0.15) is 0 Å². The Bertz CT molecular complexity index is 1010. The van der Waals surface area contributed by atoms with Crippen molar-refractivity contribution in [1.29, 1.82) is 0 Å². The Balaban J connectivity index is 1.56. The zero-order chi connectivity index (χ0) is 20.9. The second-order valence-electron chi connectivity index (χ2n) is 6.76. The molecule has 1 saturated carbocycles. The fourth-order valence-corrected chi connectivity index (χ4v) is 3.61. The molecule has 8 heteroatoms. The lowest BCUT2D eigenvalue weighted by Crippen LogP contribution is -2.25. The highest BCUT2D eigenvalue weighted by molar-refractivity contribution is 7.91. The topological polar surface area (TPSA) is 113 Å². The van der Waals surface area contributed by atoms with E-state index in [2.05, 4.69) is 10.6 Å². The van der Waals surface area contributed by atoms with Crippen molar-refractivity contribution in [3.05, 3.63) is 65.7 Å². The van der Waals surface area contributed by atoms with Crippen LogP contribution in [0.2, 0.25) is 0 Å². The Morgan fingerprint density at radius 2 is 1.69 bits per heavy atom. The summed E-state index contributed by atoms with van der Waals surface area (Å²) >= 11 is 0. The van der Waals surface area contributed by atoms with Crippen LogP contribution in [0.15, 0.2) is 59.5 Å². The van der Waals surface area contributed by atoms with E-state index in [0.717, 1.165) is 18.4 Å².